The van der Waals surface area contributed by atoms with Crippen molar-refractivity contribution in [1.82, 2.24) is 5.32 Å². The fraction of sp³-hybridized carbons (Fsp3) is 0.571. The lowest BCUT2D eigenvalue weighted by Gasteiger charge is -2.29. The number of ether oxygens (including phenoxy) is 1. The van der Waals surface area contributed by atoms with Crippen LogP contribution in [0.25, 0.3) is 0 Å². The quantitative estimate of drug-likeness (QED) is 0.852. The number of aryl methyl sites for hydroxylation is 1. The maximum Gasteiger partial charge on any atom is 0.128 e. The number of nitrogens with one attached hydrogen (secondary N) is 1. The number of hydrogen-bond acceptors (Lipinski definition) is 2. The van der Waals surface area contributed by atoms with Crippen LogP contribution >= 0.6 is 0 Å². The number of methoxy groups -OCH3 is 1. The highest BCUT2D eigenvalue weighted by Crippen LogP contribution is 2.26. The zero-order chi connectivity index (χ0) is 13.0. The van der Waals surface area contributed by atoms with E-state index in [1.54, 1.807) is 13.2 Å². The average molecular weight is 239 g/mol. The van der Waals surface area contributed by atoms with Crippen LogP contribution in [-0.4, -0.2) is 20.3 Å². The normalized spacial score (nSPS) is 15.0. The molecular weight excluding hydrogens is 217 g/mol. The van der Waals surface area contributed by atoms with Crippen LogP contribution in [0, 0.1) is 18.7 Å². The van der Waals surface area contributed by atoms with E-state index in [2.05, 4.69) is 19.2 Å². The Morgan fingerprint density at radius 3 is 2.41 bits per heavy atom. The minimum atomic E-state index is -0.183. The standard InChI is InChI=1S/C14H22FNO/c1-9(2)14(17-5)13(16-4)11-8-10(3)6-7-12(11)15/h6-9,13-14,16H,1-5H3. The van der Waals surface area contributed by atoms with Crippen LogP contribution in [0.2, 0.25) is 0 Å². The fourth-order valence-electron chi connectivity index (χ4n) is 2.19. The SMILES string of the molecule is CNC(c1cc(C)ccc1F)C(OC)C(C)C. The molecule has 0 aliphatic carbocycles. The Morgan fingerprint density at radius 2 is 1.94 bits per heavy atom. The summed E-state index contributed by atoms with van der Waals surface area (Å²) in [4.78, 5) is 0. The monoisotopic (exact) mass is 239 g/mol. The molecule has 96 valence electrons. The van der Waals surface area contributed by atoms with Crippen molar-refractivity contribution in [2.45, 2.75) is 32.9 Å². The Bertz CT molecular complexity index is 365. The van der Waals surface area contributed by atoms with Crippen molar-refractivity contribution < 1.29 is 9.13 Å². The van der Waals surface area contributed by atoms with Gasteiger partial charge in [-0.3, -0.25) is 0 Å². The predicted octanol–water partition coefficient (Wildman–Crippen LogP) is 3.07. The van der Waals surface area contributed by atoms with Crippen molar-refractivity contribution in [2.24, 2.45) is 5.92 Å². The third-order valence-electron chi connectivity index (χ3n) is 3.06. The highest BCUT2D eigenvalue weighted by molar-refractivity contribution is 5.27. The van der Waals surface area contributed by atoms with Crippen molar-refractivity contribution in [2.75, 3.05) is 14.2 Å². The first-order chi connectivity index (χ1) is 8.01. The molecule has 0 saturated heterocycles. The van der Waals surface area contributed by atoms with Gasteiger partial charge in [0.25, 0.3) is 0 Å². The zero-order valence-electron chi connectivity index (χ0n) is 11.3. The van der Waals surface area contributed by atoms with Gasteiger partial charge in [-0.05, 0) is 26.0 Å². The summed E-state index contributed by atoms with van der Waals surface area (Å²) in [5.41, 5.74) is 1.73. The summed E-state index contributed by atoms with van der Waals surface area (Å²) in [6.45, 7) is 6.12. The Kier molecular flexibility index (Phi) is 5.09. The minimum Gasteiger partial charge on any atom is -0.379 e. The molecule has 2 unspecified atom stereocenters. The summed E-state index contributed by atoms with van der Waals surface area (Å²) in [7, 11) is 3.50. The molecule has 0 amide bonds. The molecule has 0 heterocycles. The number of benzene rings is 1. The van der Waals surface area contributed by atoms with Gasteiger partial charge in [-0.25, -0.2) is 4.39 Å². The molecule has 1 rings (SSSR count). The summed E-state index contributed by atoms with van der Waals surface area (Å²) < 4.78 is 19.4. The maximum absolute atomic E-state index is 13.9. The van der Waals surface area contributed by atoms with Gasteiger partial charge >= 0.3 is 0 Å². The number of likely N-dealkylation sites (N-methyl/N-ethyl adjacent to an activating group) is 1. The average Bonchev–Trinajstić information content (AvgIpc) is 2.28. The molecule has 1 aromatic rings. The minimum absolute atomic E-state index is 0.0451. The second-order valence-electron chi connectivity index (χ2n) is 4.74. The summed E-state index contributed by atoms with van der Waals surface area (Å²) in [6, 6.07) is 5.05. The van der Waals surface area contributed by atoms with Gasteiger partial charge in [-0.2, -0.15) is 0 Å². The van der Waals surface area contributed by atoms with Gasteiger partial charge in [-0.15, -0.1) is 0 Å². The molecule has 0 spiro atoms. The third-order valence-corrected chi connectivity index (χ3v) is 3.06. The predicted molar refractivity (Wildman–Crippen MR) is 68.6 cm³/mol. The van der Waals surface area contributed by atoms with Gasteiger partial charge in [0, 0.05) is 12.7 Å². The highest BCUT2D eigenvalue weighted by atomic mass is 19.1. The molecule has 0 fully saturated rings. The molecule has 0 aliphatic rings. The van der Waals surface area contributed by atoms with Crippen LogP contribution in [0.1, 0.15) is 31.0 Å². The Hall–Kier alpha value is -0.930. The van der Waals surface area contributed by atoms with Crippen molar-refractivity contribution in [3.05, 3.63) is 35.1 Å². The van der Waals surface area contributed by atoms with Crippen molar-refractivity contribution in [3.63, 3.8) is 0 Å². The third kappa shape index (κ3) is 3.27. The van der Waals surface area contributed by atoms with Crippen molar-refractivity contribution >= 4 is 0 Å². The second-order valence-corrected chi connectivity index (χ2v) is 4.74. The molecule has 2 nitrogen and oxygen atoms in total. The highest BCUT2D eigenvalue weighted by Gasteiger charge is 2.26. The molecule has 17 heavy (non-hydrogen) atoms. The lowest BCUT2D eigenvalue weighted by atomic mass is 9.92. The fourth-order valence-corrected chi connectivity index (χ4v) is 2.19. The molecule has 0 radical (unpaired) electrons. The van der Waals surface area contributed by atoms with E-state index in [4.69, 9.17) is 4.74 Å². The van der Waals surface area contributed by atoms with Crippen LogP contribution < -0.4 is 5.32 Å². The molecule has 0 saturated carbocycles. The molecule has 3 heteroatoms. The van der Waals surface area contributed by atoms with E-state index in [0.29, 0.717) is 11.5 Å². The molecule has 0 bridgehead atoms. The smallest absolute Gasteiger partial charge is 0.128 e. The number of hydrogen-bond donors (Lipinski definition) is 1. The summed E-state index contributed by atoms with van der Waals surface area (Å²) >= 11 is 0. The van der Waals surface area contributed by atoms with E-state index in [9.17, 15) is 4.39 Å². The first-order valence-corrected chi connectivity index (χ1v) is 5.97. The molecule has 1 N–H and O–H groups in total. The number of halogens is 1. The van der Waals surface area contributed by atoms with Crippen LogP contribution in [-0.2, 0) is 4.74 Å². The Morgan fingerprint density at radius 1 is 1.29 bits per heavy atom. The van der Waals surface area contributed by atoms with Gasteiger partial charge in [0.2, 0.25) is 0 Å². The van der Waals surface area contributed by atoms with E-state index >= 15 is 0 Å². The number of rotatable bonds is 5. The van der Waals surface area contributed by atoms with Crippen LogP contribution in [0.3, 0.4) is 0 Å². The first kappa shape index (κ1) is 14.1. The van der Waals surface area contributed by atoms with Gasteiger partial charge in [0.1, 0.15) is 5.82 Å². The van der Waals surface area contributed by atoms with Crippen LogP contribution in [0.15, 0.2) is 18.2 Å². The Balaban J connectivity index is 3.11. The van der Waals surface area contributed by atoms with Gasteiger partial charge in [-0.1, -0.05) is 31.5 Å². The van der Waals surface area contributed by atoms with E-state index in [1.165, 1.54) is 6.07 Å². The first-order valence-electron chi connectivity index (χ1n) is 5.97. The molecule has 0 aromatic heterocycles. The Labute approximate surface area is 103 Å². The summed E-state index contributed by atoms with van der Waals surface area (Å²) in [5, 5.41) is 3.15. The molecule has 2 atom stereocenters. The molecule has 0 aliphatic heterocycles. The molecule has 1 aromatic carbocycles. The van der Waals surface area contributed by atoms with E-state index in [1.807, 2.05) is 20.0 Å². The van der Waals surface area contributed by atoms with E-state index in [0.717, 1.165) is 5.56 Å². The summed E-state index contributed by atoms with van der Waals surface area (Å²) in [6.07, 6.45) is -0.0451. The van der Waals surface area contributed by atoms with E-state index < -0.39 is 0 Å². The van der Waals surface area contributed by atoms with Crippen LogP contribution in [0.5, 0.6) is 0 Å². The summed E-state index contributed by atoms with van der Waals surface area (Å²) in [5.74, 6) is 0.134. The molecular formula is C14H22FNO. The second kappa shape index (κ2) is 6.12. The largest absolute Gasteiger partial charge is 0.379 e. The van der Waals surface area contributed by atoms with Gasteiger partial charge in [0.15, 0.2) is 0 Å². The van der Waals surface area contributed by atoms with Crippen molar-refractivity contribution in [3.8, 4) is 0 Å². The van der Waals surface area contributed by atoms with Gasteiger partial charge in [0.05, 0.1) is 12.1 Å². The van der Waals surface area contributed by atoms with Gasteiger partial charge < -0.3 is 10.1 Å². The van der Waals surface area contributed by atoms with Crippen LogP contribution in [0.4, 0.5) is 4.39 Å². The topological polar surface area (TPSA) is 21.3 Å². The van der Waals surface area contributed by atoms with E-state index in [-0.39, 0.29) is 18.0 Å². The lowest BCUT2D eigenvalue weighted by Crippen LogP contribution is -2.35. The maximum atomic E-state index is 13.9. The van der Waals surface area contributed by atoms with Crippen molar-refractivity contribution in [1.29, 1.82) is 0 Å². The zero-order valence-corrected chi connectivity index (χ0v) is 11.3. The lowest BCUT2D eigenvalue weighted by molar-refractivity contribution is 0.0338.